The first-order chi connectivity index (χ1) is 8.95. The van der Waals surface area contributed by atoms with Gasteiger partial charge in [0, 0.05) is 12.0 Å². The van der Waals surface area contributed by atoms with Gasteiger partial charge in [-0.1, -0.05) is 13.8 Å². The third kappa shape index (κ3) is 2.45. The Bertz CT molecular complexity index is 427. The first kappa shape index (κ1) is 14.6. The minimum absolute atomic E-state index is 0.0839. The van der Waals surface area contributed by atoms with Crippen LogP contribution >= 0.6 is 0 Å². The third-order valence-corrected chi connectivity index (χ3v) is 4.61. The van der Waals surface area contributed by atoms with Crippen molar-refractivity contribution in [1.29, 1.82) is 0 Å². The van der Waals surface area contributed by atoms with Crippen LogP contribution in [0.2, 0.25) is 0 Å². The van der Waals surface area contributed by atoms with Crippen molar-refractivity contribution in [2.24, 2.45) is 5.41 Å². The summed E-state index contributed by atoms with van der Waals surface area (Å²) >= 11 is 0. The zero-order chi connectivity index (χ0) is 14.1. The molecule has 4 heteroatoms. The van der Waals surface area contributed by atoms with E-state index in [9.17, 15) is 5.11 Å². The molecule has 4 nitrogen and oxygen atoms in total. The van der Waals surface area contributed by atoms with Gasteiger partial charge < -0.3 is 19.6 Å². The lowest BCUT2D eigenvalue weighted by Gasteiger charge is -2.60. The van der Waals surface area contributed by atoms with Crippen LogP contribution in [0.5, 0.6) is 0 Å². The highest BCUT2D eigenvalue weighted by Gasteiger charge is 2.60. The van der Waals surface area contributed by atoms with Crippen LogP contribution in [-0.4, -0.2) is 30.0 Å². The second-order valence-corrected chi connectivity index (χ2v) is 5.98. The van der Waals surface area contributed by atoms with Crippen molar-refractivity contribution in [3.8, 4) is 0 Å². The molecule has 2 atom stereocenters. The van der Waals surface area contributed by atoms with Gasteiger partial charge in [0.1, 0.15) is 11.5 Å². The molecule has 0 saturated heterocycles. The van der Waals surface area contributed by atoms with E-state index in [-0.39, 0.29) is 23.7 Å². The summed E-state index contributed by atoms with van der Waals surface area (Å²) in [6, 6.07) is 3.93. The standard InChI is InChI=1S/C15H25NO3/c1-5-18-13-8-15(10-17,14(13,3)4)16-9-12-7-6-11(2)19-12/h6-7,13,16-17H,5,8-10H2,1-4H3/t13-,15+/m0/s1. The number of hydrogen-bond donors (Lipinski definition) is 2. The maximum absolute atomic E-state index is 9.79. The molecule has 0 aliphatic heterocycles. The van der Waals surface area contributed by atoms with Crippen LogP contribution in [-0.2, 0) is 11.3 Å². The van der Waals surface area contributed by atoms with Gasteiger partial charge in [0.25, 0.3) is 0 Å². The van der Waals surface area contributed by atoms with Crippen LogP contribution in [0.3, 0.4) is 0 Å². The minimum atomic E-state index is -0.284. The highest BCUT2D eigenvalue weighted by molar-refractivity contribution is 5.16. The van der Waals surface area contributed by atoms with Gasteiger partial charge in [0.05, 0.1) is 24.8 Å². The molecule has 0 radical (unpaired) electrons. The largest absolute Gasteiger partial charge is 0.465 e. The molecule has 2 rings (SSSR count). The maximum Gasteiger partial charge on any atom is 0.117 e. The van der Waals surface area contributed by atoms with E-state index in [1.807, 2.05) is 26.0 Å². The lowest BCUT2D eigenvalue weighted by molar-refractivity contribution is -0.178. The van der Waals surface area contributed by atoms with Gasteiger partial charge in [-0.15, -0.1) is 0 Å². The Labute approximate surface area is 115 Å². The molecule has 1 saturated carbocycles. The van der Waals surface area contributed by atoms with Gasteiger partial charge in [0.15, 0.2) is 0 Å². The van der Waals surface area contributed by atoms with E-state index < -0.39 is 0 Å². The molecule has 1 aliphatic rings. The summed E-state index contributed by atoms with van der Waals surface area (Å²) in [4.78, 5) is 0. The van der Waals surface area contributed by atoms with Crippen LogP contribution < -0.4 is 5.32 Å². The van der Waals surface area contributed by atoms with Gasteiger partial charge in [0.2, 0.25) is 0 Å². The van der Waals surface area contributed by atoms with Crippen molar-refractivity contribution < 1.29 is 14.3 Å². The number of nitrogens with one attached hydrogen (secondary N) is 1. The van der Waals surface area contributed by atoms with E-state index in [4.69, 9.17) is 9.15 Å². The summed E-state index contributed by atoms with van der Waals surface area (Å²) in [7, 11) is 0. The molecule has 1 heterocycles. The van der Waals surface area contributed by atoms with E-state index in [0.29, 0.717) is 13.2 Å². The molecule has 1 aromatic heterocycles. The van der Waals surface area contributed by atoms with Gasteiger partial charge in [-0.3, -0.25) is 0 Å². The van der Waals surface area contributed by atoms with Crippen molar-refractivity contribution in [3.05, 3.63) is 23.7 Å². The second-order valence-electron chi connectivity index (χ2n) is 5.98. The molecular formula is C15H25NO3. The summed E-state index contributed by atoms with van der Waals surface area (Å²) in [5, 5.41) is 13.3. The van der Waals surface area contributed by atoms with Gasteiger partial charge >= 0.3 is 0 Å². The van der Waals surface area contributed by atoms with E-state index in [1.54, 1.807) is 0 Å². The molecule has 1 aliphatic carbocycles. The van der Waals surface area contributed by atoms with E-state index in [1.165, 1.54) is 0 Å². The number of aliphatic hydroxyl groups is 1. The lowest BCUT2D eigenvalue weighted by atomic mass is 9.54. The van der Waals surface area contributed by atoms with Crippen molar-refractivity contribution in [2.45, 2.75) is 52.3 Å². The average molecular weight is 267 g/mol. The van der Waals surface area contributed by atoms with Gasteiger partial charge in [-0.05, 0) is 32.4 Å². The molecule has 2 N–H and O–H groups in total. The highest BCUT2D eigenvalue weighted by atomic mass is 16.5. The molecular weight excluding hydrogens is 242 g/mol. The lowest BCUT2D eigenvalue weighted by Crippen LogP contribution is -2.73. The normalized spacial score (nSPS) is 29.2. The van der Waals surface area contributed by atoms with Gasteiger partial charge in [-0.2, -0.15) is 0 Å². The predicted octanol–water partition coefficient (Wildman–Crippen LogP) is 2.24. The maximum atomic E-state index is 9.79. The number of furan rings is 1. The topological polar surface area (TPSA) is 54.6 Å². The summed E-state index contributed by atoms with van der Waals surface area (Å²) in [6.07, 6.45) is 1.04. The molecule has 19 heavy (non-hydrogen) atoms. The quantitative estimate of drug-likeness (QED) is 0.830. The number of hydrogen-bond acceptors (Lipinski definition) is 4. The third-order valence-electron chi connectivity index (χ3n) is 4.61. The smallest absolute Gasteiger partial charge is 0.117 e. The number of aryl methyl sites for hydroxylation is 1. The van der Waals surface area contributed by atoms with Crippen molar-refractivity contribution in [2.75, 3.05) is 13.2 Å². The molecule has 1 fully saturated rings. The number of rotatable bonds is 6. The van der Waals surface area contributed by atoms with E-state index in [0.717, 1.165) is 17.9 Å². The number of aliphatic hydroxyl groups excluding tert-OH is 1. The minimum Gasteiger partial charge on any atom is -0.465 e. The Morgan fingerprint density at radius 2 is 2.21 bits per heavy atom. The number of ether oxygens (including phenoxy) is 1. The van der Waals surface area contributed by atoms with Crippen LogP contribution in [0.4, 0.5) is 0 Å². The molecule has 108 valence electrons. The Kier molecular flexibility index (Phi) is 4.04. The fourth-order valence-corrected chi connectivity index (χ4v) is 2.94. The van der Waals surface area contributed by atoms with Crippen molar-refractivity contribution >= 4 is 0 Å². The first-order valence-electron chi connectivity index (χ1n) is 6.98. The Hall–Kier alpha value is -0.840. The van der Waals surface area contributed by atoms with Crippen LogP contribution in [0, 0.1) is 12.3 Å². The second kappa shape index (κ2) is 5.27. The van der Waals surface area contributed by atoms with Crippen LogP contribution in [0.15, 0.2) is 16.5 Å². The Morgan fingerprint density at radius 3 is 2.68 bits per heavy atom. The highest BCUT2D eigenvalue weighted by Crippen LogP contribution is 2.51. The zero-order valence-corrected chi connectivity index (χ0v) is 12.3. The molecule has 0 spiro atoms. The Morgan fingerprint density at radius 1 is 1.47 bits per heavy atom. The fourth-order valence-electron chi connectivity index (χ4n) is 2.94. The zero-order valence-electron chi connectivity index (χ0n) is 12.3. The molecule has 1 aromatic rings. The van der Waals surface area contributed by atoms with Crippen molar-refractivity contribution in [3.63, 3.8) is 0 Å². The summed E-state index contributed by atoms with van der Waals surface area (Å²) in [5.74, 6) is 1.82. The first-order valence-corrected chi connectivity index (χ1v) is 6.98. The average Bonchev–Trinajstić information content (AvgIpc) is 2.79. The van der Waals surface area contributed by atoms with E-state index >= 15 is 0 Å². The van der Waals surface area contributed by atoms with E-state index in [2.05, 4.69) is 19.2 Å². The molecule has 0 amide bonds. The van der Waals surface area contributed by atoms with Crippen molar-refractivity contribution in [1.82, 2.24) is 5.32 Å². The summed E-state index contributed by atoms with van der Waals surface area (Å²) in [6.45, 7) is 9.70. The monoisotopic (exact) mass is 267 g/mol. The SMILES string of the molecule is CCO[C@H]1C[C@](CO)(NCc2ccc(C)o2)C1(C)C. The molecule has 0 aromatic carbocycles. The Balaban J connectivity index is 2.00. The predicted molar refractivity (Wildman–Crippen MR) is 73.9 cm³/mol. The fraction of sp³-hybridized carbons (Fsp3) is 0.733. The molecule has 0 bridgehead atoms. The summed E-state index contributed by atoms with van der Waals surface area (Å²) in [5.41, 5.74) is -0.368. The van der Waals surface area contributed by atoms with Crippen LogP contribution in [0.1, 0.15) is 38.7 Å². The van der Waals surface area contributed by atoms with Gasteiger partial charge in [-0.25, -0.2) is 0 Å². The van der Waals surface area contributed by atoms with Crippen LogP contribution in [0.25, 0.3) is 0 Å². The molecule has 0 unspecified atom stereocenters. The summed E-state index contributed by atoms with van der Waals surface area (Å²) < 4.78 is 11.3.